The molecule has 0 aliphatic rings. The van der Waals surface area contributed by atoms with Crippen LogP contribution in [0.1, 0.15) is 0 Å². The Hall–Kier alpha value is -0.880. The Morgan fingerprint density at radius 3 is 2.29 bits per heavy atom. The molecule has 2 rings (SSSR count). The van der Waals surface area contributed by atoms with Gasteiger partial charge in [0.15, 0.2) is 9.74 Å². The van der Waals surface area contributed by atoms with E-state index in [1.165, 1.54) is 12.1 Å². The van der Waals surface area contributed by atoms with Gasteiger partial charge in [-0.15, -0.1) is 0 Å². The van der Waals surface area contributed by atoms with Crippen molar-refractivity contribution in [2.24, 2.45) is 0 Å². The maximum Gasteiger partial charge on any atom is 0.179 e. The van der Waals surface area contributed by atoms with Crippen molar-refractivity contribution in [3.8, 4) is 11.4 Å². The molecule has 0 amide bonds. The van der Waals surface area contributed by atoms with E-state index in [4.69, 9.17) is 0 Å². The third-order valence-electron chi connectivity index (χ3n) is 1.52. The minimum Gasteiger partial charge on any atom is -0.208 e. The lowest BCUT2D eigenvalue weighted by atomic mass is 10.2. The molecule has 0 bridgehead atoms. The predicted octanol–water partition coefficient (Wildman–Crippen LogP) is 3.25. The van der Waals surface area contributed by atoms with Crippen molar-refractivity contribution in [2.75, 3.05) is 0 Å². The summed E-state index contributed by atoms with van der Waals surface area (Å²) in [6.07, 6.45) is 0. The van der Waals surface area contributed by atoms with Crippen LogP contribution < -0.4 is 0 Å². The standard InChI is InChI=1S/C8H3BrF2N2S/c9-8-12-7(13-14-8)4-1-5(10)3-6(11)2-4/h1-3H. The predicted molar refractivity (Wildman–Crippen MR) is 53.0 cm³/mol. The molecule has 0 saturated carbocycles. The van der Waals surface area contributed by atoms with Crippen molar-refractivity contribution in [1.29, 1.82) is 0 Å². The van der Waals surface area contributed by atoms with E-state index in [0.29, 0.717) is 15.3 Å². The number of hydrogen-bond acceptors (Lipinski definition) is 3. The Labute approximate surface area is 90.9 Å². The molecule has 0 unspecified atom stereocenters. The van der Waals surface area contributed by atoms with E-state index < -0.39 is 11.6 Å². The Balaban J connectivity index is 2.51. The molecule has 0 N–H and O–H groups in total. The lowest BCUT2D eigenvalue weighted by Gasteiger charge is -1.95. The fraction of sp³-hybridized carbons (Fsp3) is 0. The maximum atomic E-state index is 12.8. The molecule has 0 spiro atoms. The minimum atomic E-state index is -0.633. The van der Waals surface area contributed by atoms with Gasteiger partial charge in [0, 0.05) is 11.6 Å². The van der Waals surface area contributed by atoms with Gasteiger partial charge in [0.25, 0.3) is 0 Å². The van der Waals surface area contributed by atoms with Crippen LogP contribution in [0.25, 0.3) is 11.4 Å². The summed E-state index contributed by atoms with van der Waals surface area (Å²) < 4.78 is 30.1. The molecule has 0 atom stereocenters. The third-order valence-corrected chi connectivity index (χ3v) is 2.64. The molecule has 0 aliphatic carbocycles. The summed E-state index contributed by atoms with van der Waals surface area (Å²) in [4.78, 5) is 3.95. The van der Waals surface area contributed by atoms with Gasteiger partial charge in [-0.1, -0.05) is 0 Å². The normalized spacial score (nSPS) is 10.5. The van der Waals surface area contributed by atoms with Crippen molar-refractivity contribution in [2.45, 2.75) is 0 Å². The van der Waals surface area contributed by atoms with Crippen LogP contribution in [0, 0.1) is 11.6 Å². The van der Waals surface area contributed by atoms with Crippen molar-refractivity contribution in [3.05, 3.63) is 33.8 Å². The maximum absolute atomic E-state index is 12.8. The molecule has 6 heteroatoms. The highest BCUT2D eigenvalue weighted by Gasteiger charge is 2.07. The van der Waals surface area contributed by atoms with Gasteiger partial charge in [-0.05, 0) is 39.6 Å². The van der Waals surface area contributed by atoms with Gasteiger partial charge in [0.05, 0.1) is 0 Å². The quantitative estimate of drug-likeness (QED) is 0.799. The van der Waals surface area contributed by atoms with E-state index in [9.17, 15) is 8.78 Å². The molecular formula is C8H3BrF2N2S. The number of hydrogen-bond donors (Lipinski definition) is 0. The second-order valence-corrected chi connectivity index (χ2v) is 4.56. The first kappa shape index (κ1) is 9.67. The van der Waals surface area contributed by atoms with Crippen molar-refractivity contribution in [1.82, 2.24) is 9.36 Å². The smallest absolute Gasteiger partial charge is 0.179 e. The molecule has 0 fully saturated rings. The number of aromatic nitrogens is 2. The highest BCUT2D eigenvalue weighted by molar-refractivity contribution is 9.11. The average Bonchev–Trinajstić information content (AvgIpc) is 2.50. The van der Waals surface area contributed by atoms with Gasteiger partial charge in [-0.25, -0.2) is 13.8 Å². The monoisotopic (exact) mass is 276 g/mol. The van der Waals surface area contributed by atoms with Gasteiger partial charge in [-0.3, -0.25) is 0 Å². The van der Waals surface area contributed by atoms with E-state index in [1.807, 2.05) is 0 Å². The SMILES string of the molecule is Fc1cc(F)cc(-c2nsc(Br)n2)c1. The second-order valence-electron chi connectivity index (χ2n) is 2.53. The molecule has 0 saturated heterocycles. The fourth-order valence-electron chi connectivity index (χ4n) is 1.01. The van der Waals surface area contributed by atoms with E-state index in [0.717, 1.165) is 17.6 Å². The van der Waals surface area contributed by atoms with Crippen LogP contribution >= 0.6 is 27.5 Å². The minimum absolute atomic E-state index is 0.320. The van der Waals surface area contributed by atoms with Crippen LogP contribution in [-0.4, -0.2) is 9.36 Å². The summed E-state index contributed by atoms with van der Waals surface area (Å²) >= 11 is 4.25. The summed E-state index contributed by atoms with van der Waals surface area (Å²) in [7, 11) is 0. The molecule has 2 nitrogen and oxygen atoms in total. The fourth-order valence-corrected chi connectivity index (χ4v) is 1.83. The molecule has 14 heavy (non-hydrogen) atoms. The van der Waals surface area contributed by atoms with Crippen LogP contribution in [0.15, 0.2) is 22.1 Å². The highest BCUT2D eigenvalue weighted by Crippen LogP contribution is 2.22. The van der Waals surface area contributed by atoms with Crippen LogP contribution in [0.3, 0.4) is 0 Å². The number of nitrogens with zero attached hydrogens (tertiary/aromatic N) is 2. The summed E-state index contributed by atoms with van der Waals surface area (Å²) in [5, 5.41) is 0. The van der Waals surface area contributed by atoms with Gasteiger partial charge in [0.2, 0.25) is 0 Å². The lowest BCUT2D eigenvalue weighted by molar-refractivity contribution is 0.584. The van der Waals surface area contributed by atoms with Crippen LogP contribution in [0.5, 0.6) is 0 Å². The lowest BCUT2D eigenvalue weighted by Crippen LogP contribution is -1.85. The summed E-state index contributed by atoms with van der Waals surface area (Å²) in [6, 6.07) is 3.19. The van der Waals surface area contributed by atoms with Crippen LogP contribution in [0.4, 0.5) is 8.78 Å². The largest absolute Gasteiger partial charge is 0.208 e. The van der Waals surface area contributed by atoms with Crippen LogP contribution in [0.2, 0.25) is 0 Å². The van der Waals surface area contributed by atoms with Gasteiger partial charge in [-0.2, -0.15) is 4.37 Å². The molecule has 1 heterocycles. The van der Waals surface area contributed by atoms with Crippen molar-refractivity contribution < 1.29 is 8.78 Å². The van der Waals surface area contributed by atoms with Gasteiger partial charge < -0.3 is 0 Å². The van der Waals surface area contributed by atoms with Gasteiger partial charge >= 0.3 is 0 Å². The molecular weight excluding hydrogens is 274 g/mol. The summed E-state index contributed by atoms with van der Waals surface area (Å²) in [6.45, 7) is 0. The van der Waals surface area contributed by atoms with E-state index >= 15 is 0 Å². The first-order chi connectivity index (χ1) is 6.65. The number of halogens is 3. The third kappa shape index (κ3) is 1.96. The van der Waals surface area contributed by atoms with Crippen molar-refractivity contribution >= 4 is 27.5 Å². The molecule has 72 valence electrons. The molecule has 1 aromatic heterocycles. The molecule has 1 aromatic carbocycles. The zero-order chi connectivity index (χ0) is 10.1. The van der Waals surface area contributed by atoms with E-state index in [1.54, 1.807) is 0 Å². The van der Waals surface area contributed by atoms with E-state index in [2.05, 4.69) is 25.3 Å². The first-order valence-corrected chi connectivity index (χ1v) is 5.17. The average molecular weight is 277 g/mol. The number of benzene rings is 1. The molecule has 0 radical (unpaired) electrons. The Morgan fingerprint density at radius 1 is 1.14 bits per heavy atom. The highest BCUT2D eigenvalue weighted by atomic mass is 79.9. The van der Waals surface area contributed by atoms with Crippen molar-refractivity contribution in [3.63, 3.8) is 0 Å². The van der Waals surface area contributed by atoms with Gasteiger partial charge in [0.1, 0.15) is 11.6 Å². The topological polar surface area (TPSA) is 25.8 Å². The molecule has 0 aliphatic heterocycles. The summed E-state index contributed by atoms with van der Waals surface area (Å²) in [5.41, 5.74) is 0.337. The first-order valence-electron chi connectivity index (χ1n) is 3.61. The number of rotatable bonds is 1. The zero-order valence-corrected chi connectivity index (χ0v) is 9.07. The van der Waals surface area contributed by atoms with Crippen LogP contribution in [-0.2, 0) is 0 Å². The summed E-state index contributed by atoms with van der Waals surface area (Å²) in [5.74, 6) is -0.947. The van der Waals surface area contributed by atoms with E-state index in [-0.39, 0.29) is 0 Å². The molecule has 2 aromatic rings. The Morgan fingerprint density at radius 2 is 1.79 bits per heavy atom. The second kappa shape index (κ2) is 3.70. The Bertz CT molecular complexity index is 452. The Kier molecular flexibility index (Phi) is 2.56. The zero-order valence-electron chi connectivity index (χ0n) is 6.67.